The summed E-state index contributed by atoms with van der Waals surface area (Å²) >= 11 is 0. The fourth-order valence-electron chi connectivity index (χ4n) is 2.62. The maximum atomic E-state index is 12.5. The van der Waals surface area contributed by atoms with Crippen molar-refractivity contribution in [1.82, 2.24) is 0 Å². The van der Waals surface area contributed by atoms with Crippen molar-refractivity contribution in [1.29, 1.82) is 0 Å². The molecule has 7 nitrogen and oxygen atoms in total. The number of ether oxygens (including phenoxy) is 3. The summed E-state index contributed by atoms with van der Waals surface area (Å²) in [7, 11) is 4.58. The van der Waals surface area contributed by atoms with Gasteiger partial charge in [-0.2, -0.15) is 0 Å². The van der Waals surface area contributed by atoms with Gasteiger partial charge in [0.05, 0.1) is 27.8 Å². The SMILES string of the molecule is COc1cc(CC(=O)Nc2cccc(NC(=O)C(C)(C)C)c2)cc(OC)c1OC. The Hall–Kier alpha value is -3.22. The topological polar surface area (TPSA) is 85.9 Å². The van der Waals surface area contributed by atoms with Crippen molar-refractivity contribution < 1.29 is 23.8 Å². The van der Waals surface area contributed by atoms with E-state index in [1.54, 1.807) is 36.4 Å². The van der Waals surface area contributed by atoms with Crippen LogP contribution >= 0.6 is 0 Å². The second-order valence-corrected chi connectivity index (χ2v) is 7.54. The molecular weight excluding hydrogens is 372 g/mol. The average Bonchev–Trinajstić information content (AvgIpc) is 2.66. The van der Waals surface area contributed by atoms with Gasteiger partial charge in [0.25, 0.3) is 0 Å². The Morgan fingerprint density at radius 3 is 1.90 bits per heavy atom. The highest BCUT2D eigenvalue weighted by atomic mass is 16.5. The van der Waals surface area contributed by atoms with Gasteiger partial charge in [-0.3, -0.25) is 9.59 Å². The number of anilines is 2. The predicted molar refractivity (Wildman–Crippen MR) is 113 cm³/mol. The van der Waals surface area contributed by atoms with E-state index in [2.05, 4.69) is 10.6 Å². The van der Waals surface area contributed by atoms with Gasteiger partial charge in [-0.25, -0.2) is 0 Å². The third kappa shape index (κ3) is 5.88. The van der Waals surface area contributed by atoms with Crippen LogP contribution in [-0.2, 0) is 16.0 Å². The first-order chi connectivity index (χ1) is 13.7. The zero-order chi connectivity index (χ0) is 21.6. The van der Waals surface area contributed by atoms with Crippen molar-refractivity contribution >= 4 is 23.2 Å². The molecule has 2 N–H and O–H groups in total. The van der Waals surface area contributed by atoms with Crippen LogP contribution < -0.4 is 24.8 Å². The van der Waals surface area contributed by atoms with Gasteiger partial charge in [0.15, 0.2) is 11.5 Å². The van der Waals surface area contributed by atoms with Crippen LogP contribution in [0.2, 0.25) is 0 Å². The fourth-order valence-corrected chi connectivity index (χ4v) is 2.62. The van der Waals surface area contributed by atoms with E-state index in [9.17, 15) is 9.59 Å². The Kier molecular flexibility index (Phi) is 7.09. The first-order valence-corrected chi connectivity index (χ1v) is 9.18. The highest BCUT2D eigenvalue weighted by Gasteiger charge is 2.21. The highest BCUT2D eigenvalue weighted by Crippen LogP contribution is 2.38. The maximum absolute atomic E-state index is 12.5. The lowest BCUT2D eigenvalue weighted by molar-refractivity contribution is -0.123. The summed E-state index contributed by atoms with van der Waals surface area (Å²) in [6.45, 7) is 5.52. The molecule has 0 bridgehead atoms. The van der Waals surface area contributed by atoms with E-state index in [0.717, 1.165) is 0 Å². The lowest BCUT2D eigenvalue weighted by Gasteiger charge is -2.18. The van der Waals surface area contributed by atoms with Gasteiger partial charge >= 0.3 is 0 Å². The van der Waals surface area contributed by atoms with Crippen LogP contribution in [0, 0.1) is 5.41 Å². The number of carbonyl (C=O) groups is 2. The van der Waals surface area contributed by atoms with Crippen LogP contribution in [0.15, 0.2) is 36.4 Å². The van der Waals surface area contributed by atoms with E-state index in [4.69, 9.17) is 14.2 Å². The molecule has 0 atom stereocenters. The number of amides is 2. The van der Waals surface area contributed by atoms with Crippen LogP contribution in [0.4, 0.5) is 11.4 Å². The summed E-state index contributed by atoms with van der Waals surface area (Å²) < 4.78 is 15.9. The molecule has 0 spiro atoms. The highest BCUT2D eigenvalue weighted by molar-refractivity contribution is 5.96. The van der Waals surface area contributed by atoms with Crippen LogP contribution in [-0.4, -0.2) is 33.1 Å². The molecule has 0 aliphatic carbocycles. The van der Waals surface area contributed by atoms with Gasteiger partial charge in [0, 0.05) is 16.8 Å². The normalized spacial score (nSPS) is 10.8. The number of methoxy groups -OCH3 is 3. The lowest BCUT2D eigenvalue weighted by atomic mass is 9.95. The standard InChI is InChI=1S/C22H28N2O5/c1-22(2,3)21(26)24-16-9-7-8-15(13-16)23-19(25)12-14-10-17(27-4)20(29-6)18(11-14)28-5/h7-11,13H,12H2,1-6H3,(H,23,25)(H,24,26). The summed E-state index contributed by atoms with van der Waals surface area (Å²) in [5.41, 5.74) is 1.42. The van der Waals surface area contributed by atoms with E-state index in [1.165, 1.54) is 21.3 Å². The Labute approximate surface area is 171 Å². The molecule has 2 rings (SSSR count). The van der Waals surface area contributed by atoms with Crippen LogP contribution in [0.5, 0.6) is 17.2 Å². The molecule has 2 aromatic rings. The first kappa shape index (κ1) is 22.1. The third-order valence-electron chi connectivity index (χ3n) is 4.17. The molecule has 7 heteroatoms. The molecular formula is C22H28N2O5. The lowest BCUT2D eigenvalue weighted by Crippen LogP contribution is -2.27. The Morgan fingerprint density at radius 1 is 0.862 bits per heavy atom. The summed E-state index contributed by atoms with van der Waals surface area (Å²) in [6, 6.07) is 10.5. The molecule has 0 saturated carbocycles. The molecule has 0 aromatic heterocycles. The third-order valence-corrected chi connectivity index (χ3v) is 4.17. The van der Waals surface area contributed by atoms with Crippen molar-refractivity contribution in [3.8, 4) is 17.2 Å². The molecule has 0 unspecified atom stereocenters. The smallest absolute Gasteiger partial charge is 0.229 e. The minimum atomic E-state index is -0.508. The van der Waals surface area contributed by atoms with Gasteiger partial charge in [-0.05, 0) is 35.9 Å². The molecule has 2 aromatic carbocycles. The molecule has 0 heterocycles. The largest absolute Gasteiger partial charge is 0.493 e. The van der Waals surface area contributed by atoms with Crippen molar-refractivity contribution in [2.45, 2.75) is 27.2 Å². The zero-order valence-corrected chi connectivity index (χ0v) is 17.7. The molecule has 0 fully saturated rings. The molecule has 29 heavy (non-hydrogen) atoms. The Morgan fingerprint density at radius 2 is 1.41 bits per heavy atom. The number of rotatable bonds is 7. The maximum Gasteiger partial charge on any atom is 0.229 e. The number of carbonyl (C=O) groups excluding carboxylic acids is 2. The van der Waals surface area contributed by atoms with Crippen LogP contribution in [0.3, 0.4) is 0 Å². The number of hydrogen-bond acceptors (Lipinski definition) is 5. The van der Waals surface area contributed by atoms with Crippen molar-refractivity contribution in [3.05, 3.63) is 42.0 Å². The minimum absolute atomic E-state index is 0.0987. The van der Waals surface area contributed by atoms with Crippen molar-refractivity contribution in [2.75, 3.05) is 32.0 Å². The Balaban J connectivity index is 2.12. The summed E-state index contributed by atoms with van der Waals surface area (Å²) in [6.07, 6.45) is 0.120. The molecule has 0 aliphatic heterocycles. The van der Waals surface area contributed by atoms with Gasteiger partial charge in [0.2, 0.25) is 17.6 Å². The quantitative estimate of drug-likeness (QED) is 0.737. The average molecular weight is 400 g/mol. The Bertz CT molecular complexity index is 862. The molecule has 156 valence electrons. The predicted octanol–water partition coefficient (Wildman–Crippen LogP) is 3.88. The van der Waals surface area contributed by atoms with E-state index >= 15 is 0 Å². The molecule has 0 saturated heterocycles. The first-order valence-electron chi connectivity index (χ1n) is 9.18. The second kappa shape index (κ2) is 9.32. The van der Waals surface area contributed by atoms with E-state index in [-0.39, 0.29) is 18.2 Å². The van der Waals surface area contributed by atoms with E-state index in [0.29, 0.717) is 34.2 Å². The molecule has 2 amide bonds. The number of hydrogen-bond donors (Lipinski definition) is 2. The zero-order valence-electron chi connectivity index (χ0n) is 17.7. The van der Waals surface area contributed by atoms with Crippen LogP contribution in [0.25, 0.3) is 0 Å². The second-order valence-electron chi connectivity index (χ2n) is 7.54. The van der Waals surface area contributed by atoms with Gasteiger partial charge in [0.1, 0.15) is 0 Å². The minimum Gasteiger partial charge on any atom is -0.493 e. The number of benzene rings is 2. The van der Waals surface area contributed by atoms with E-state index < -0.39 is 5.41 Å². The fraction of sp³-hybridized carbons (Fsp3) is 0.364. The van der Waals surface area contributed by atoms with Gasteiger partial charge < -0.3 is 24.8 Å². The molecule has 0 radical (unpaired) electrons. The number of nitrogens with one attached hydrogen (secondary N) is 2. The van der Waals surface area contributed by atoms with Gasteiger partial charge in [-0.15, -0.1) is 0 Å². The van der Waals surface area contributed by atoms with Crippen LogP contribution in [0.1, 0.15) is 26.3 Å². The van der Waals surface area contributed by atoms with E-state index in [1.807, 2.05) is 20.8 Å². The van der Waals surface area contributed by atoms with Crippen molar-refractivity contribution in [2.24, 2.45) is 5.41 Å². The summed E-state index contributed by atoms with van der Waals surface area (Å²) in [5.74, 6) is 1.14. The monoisotopic (exact) mass is 400 g/mol. The summed E-state index contributed by atoms with van der Waals surface area (Å²) in [4.78, 5) is 24.7. The summed E-state index contributed by atoms with van der Waals surface area (Å²) in [5, 5.41) is 5.69. The van der Waals surface area contributed by atoms with Crippen molar-refractivity contribution in [3.63, 3.8) is 0 Å². The van der Waals surface area contributed by atoms with Gasteiger partial charge in [-0.1, -0.05) is 26.8 Å². The molecule has 0 aliphatic rings.